The van der Waals surface area contributed by atoms with Gasteiger partial charge in [0.05, 0.1) is 0 Å². The molecule has 2 heterocycles. The number of nitrogens with one attached hydrogen (secondary N) is 1. The van der Waals surface area contributed by atoms with Crippen LogP contribution in [-0.2, 0) is 0 Å². The Morgan fingerprint density at radius 2 is 1.83 bits per heavy atom. The van der Waals surface area contributed by atoms with E-state index in [9.17, 15) is 8.78 Å². The molecule has 3 rings (SSSR count). The van der Waals surface area contributed by atoms with Crippen molar-refractivity contribution in [2.75, 3.05) is 13.1 Å². The molecule has 122 valence electrons. The van der Waals surface area contributed by atoms with Crippen LogP contribution >= 0.6 is 23.2 Å². The van der Waals surface area contributed by atoms with Crippen LogP contribution < -0.4 is 10.1 Å². The highest BCUT2D eigenvalue weighted by Crippen LogP contribution is 2.41. The Balaban J connectivity index is 1.99. The van der Waals surface area contributed by atoms with Crippen LogP contribution in [0, 0.1) is 17.6 Å². The maximum atomic E-state index is 13.7. The summed E-state index contributed by atoms with van der Waals surface area (Å²) in [4.78, 5) is 8.37. The first-order valence-corrected chi connectivity index (χ1v) is 7.80. The average molecular weight is 360 g/mol. The van der Waals surface area contributed by atoms with Crippen LogP contribution in [-0.4, -0.2) is 23.1 Å². The lowest BCUT2D eigenvalue weighted by Gasteiger charge is -2.24. The van der Waals surface area contributed by atoms with Gasteiger partial charge in [-0.25, -0.2) is 18.7 Å². The third-order valence-electron chi connectivity index (χ3n) is 3.68. The number of hydrogen-bond acceptors (Lipinski definition) is 4. The first-order valence-electron chi connectivity index (χ1n) is 7.05. The Morgan fingerprint density at radius 3 is 2.39 bits per heavy atom. The summed E-state index contributed by atoms with van der Waals surface area (Å²) in [5.41, 5.74) is 0. The standard InChI is InChI=1S/C15H13Cl2F2N3O/c16-11-9(18)6-10(19)12(17)14(11)23-13(8-2-5-20-7-8)15-21-3-1-4-22-15/h1,3-4,6,8,13,20H,2,5,7H2. The number of rotatable bonds is 4. The molecule has 2 atom stereocenters. The highest BCUT2D eigenvalue weighted by atomic mass is 35.5. The van der Waals surface area contributed by atoms with Crippen molar-refractivity contribution >= 4 is 23.2 Å². The largest absolute Gasteiger partial charge is 0.479 e. The van der Waals surface area contributed by atoms with E-state index in [0.717, 1.165) is 13.0 Å². The zero-order chi connectivity index (χ0) is 16.4. The third kappa shape index (κ3) is 3.39. The van der Waals surface area contributed by atoms with Gasteiger partial charge >= 0.3 is 0 Å². The zero-order valence-electron chi connectivity index (χ0n) is 11.9. The fourth-order valence-electron chi connectivity index (χ4n) is 2.53. The summed E-state index contributed by atoms with van der Waals surface area (Å²) in [6.45, 7) is 1.49. The van der Waals surface area contributed by atoms with E-state index in [-0.39, 0.29) is 21.7 Å². The molecule has 1 N–H and O–H groups in total. The number of aromatic nitrogens is 2. The van der Waals surface area contributed by atoms with Crippen LogP contribution in [0.2, 0.25) is 10.0 Å². The van der Waals surface area contributed by atoms with Crippen molar-refractivity contribution in [2.45, 2.75) is 12.5 Å². The fourth-order valence-corrected chi connectivity index (χ4v) is 2.97. The van der Waals surface area contributed by atoms with Crippen molar-refractivity contribution in [1.29, 1.82) is 0 Å². The second-order valence-electron chi connectivity index (χ2n) is 5.20. The van der Waals surface area contributed by atoms with Crippen LogP contribution in [0.4, 0.5) is 8.78 Å². The maximum absolute atomic E-state index is 13.7. The summed E-state index contributed by atoms with van der Waals surface area (Å²) in [6.07, 6.45) is 3.37. The molecule has 4 nitrogen and oxygen atoms in total. The Hall–Kier alpha value is -1.50. The van der Waals surface area contributed by atoms with E-state index in [1.165, 1.54) is 0 Å². The molecule has 0 radical (unpaired) electrons. The van der Waals surface area contributed by atoms with E-state index in [1.807, 2.05) is 0 Å². The van der Waals surface area contributed by atoms with Gasteiger partial charge < -0.3 is 10.1 Å². The van der Waals surface area contributed by atoms with Gasteiger partial charge in [0, 0.05) is 30.9 Å². The highest BCUT2D eigenvalue weighted by molar-refractivity contribution is 6.37. The molecule has 0 saturated carbocycles. The molecule has 1 aliphatic rings. The van der Waals surface area contributed by atoms with Crippen LogP contribution in [0.15, 0.2) is 24.5 Å². The number of hydrogen-bond donors (Lipinski definition) is 1. The molecule has 1 aromatic carbocycles. The minimum absolute atomic E-state index is 0.0378. The lowest BCUT2D eigenvalue weighted by molar-refractivity contribution is 0.134. The molecule has 1 aliphatic heterocycles. The van der Waals surface area contributed by atoms with Crippen LogP contribution in [0.5, 0.6) is 5.75 Å². The Labute approximate surface area is 141 Å². The second-order valence-corrected chi connectivity index (χ2v) is 5.95. The van der Waals surface area contributed by atoms with E-state index < -0.39 is 17.7 Å². The van der Waals surface area contributed by atoms with E-state index in [1.54, 1.807) is 18.5 Å². The molecule has 0 bridgehead atoms. The fraction of sp³-hybridized carbons (Fsp3) is 0.333. The minimum Gasteiger partial charge on any atom is -0.479 e. The molecule has 23 heavy (non-hydrogen) atoms. The molecule has 2 unspecified atom stereocenters. The van der Waals surface area contributed by atoms with Crippen LogP contribution in [0.25, 0.3) is 0 Å². The molecule has 2 aromatic rings. The van der Waals surface area contributed by atoms with Crippen molar-refractivity contribution in [2.24, 2.45) is 5.92 Å². The Morgan fingerprint density at radius 1 is 1.17 bits per heavy atom. The van der Waals surface area contributed by atoms with Gasteiger partial charge in [-0.05, 0) is 19.0 Å². The highest BCUT2D eigenvalue weighted by Gasteiger charge is 2.32. The lowest BCUT2D eigenvalue weighted by Crippen LogP contribution is -2.23. The Bertz CT molecular complexity index is 671. The predicted molar refractivity (Wildman–Crippen MR) is 82.8 cm³/mol. The number of benzene rings is 1. The molecule has 0 aliphatic carbocycles. The van der Waals surface area contributed by atoms with Crippen LogP contribution in [0.3, 0.4) is 0 Å². The van der Waals surface area contributed by atoms with Gasteiger partial charge in [-0.15, -0.1) is 0 Å². The topological polar surface area (TPSA) is 47.0 Å². The molecule has 1 aromatic heterocycles. The van der Waals surface area contributed by atoms with Gasteiger partial charge in [0.1, 0.15) is 21.7 Å². The maximum Gasteiger partial charge on any atom is 0.169 e. The minimum atomic E-state index is -0.930. The molecular weight excluding hydrogens is 347 g/mol. The number of halogens is 4. The van der Waals surface area contributed by atoms with E-state index in [0.29, 0.717) is 18.4 Å². The van der Waals surface area contributed by atoms with Crippen LogP contribution in [0.1, 0.15) is 18.3 Å². The van der Waals surface area contributed by atoms with Crippen molar-refractivity contribution in [3.63, 3.8) is 0 Å². The van der Waals surface area contributed by atoms with Gasteiger partial charge in [-0.1, -0.05) is 23.2 Å². The second kappa shape index (κ2) is 6.95. The average Bonchev–Trinajstić information content (AvgIpc) is 3.08. The molecule has 0 spiro atoms. The Kier molecular flexibility index (Phi) is 4.94. The summed E-state index contributed by atoms with van der Waals surface area (Å²) in [5.74, 6) is -1.63. The molecule has 1 fully saturated rings. The summed E-state index contributed by atoms with van der Waals surface area (Å²) in [7, 11) is 0. The smallest absolute Gasteiger partial charge is 0.169 e. The molecule has 8 heteroatoms. The quantitative estimate of drug-likeness (QED) is 0.843. The van der Waals surface area contributed by atoms with E-state index >= 15 is 0 Å². The van der Waals surface area contributed by atoms with Crippen molar-refractivity contribution in [3.8, 4) is 5.75 Å². The van der Waals surface area contributed by atoms with Crippen molar-refractivity contribution in [3.05, 3.63) is 52.0 Å². The summed E-state index contributed by atoms with van der Waals surface area (Å²) in [5, 5.41) is 2.49. The number of ether oxygens (including phenoxy) is 1. The predicted octanol–water partition coefficient (Wildman–Crippen LogP) is 3.79. The summed E-state index contributed by atoms with van der Waals surface area (Å²) in [6, 6.07) is 2.30. The van der Waals surface area contributed by atoms with Gasteiger partial charge in [0.2, 0.25) is 0 Å². The van der Waals surface area contributed by atoms with Gasteiger partial charge in [0.15, 0.2) is 17.7 Å². The van der Waals surface area contributed by atoms with E-state index in [2.05, 4.69) is 15.3 Å². The lowest BCUT2D eigenvalue weighted by atomic mass is 10.0. The van der Waals surface area contributed by atoms with Gasteiger partial charge in [-0.2, -0.15) is 0 Å². The first kappa shape index (κ1) is 16.4. The number of nitrogens with zero attached hydrogens (tertiary/aromatic N) is 2. The molecule has 0 amide bonds. The van der Waals surface area contributed by atoms with E-state index in [4.69, 9.17) is 27.9 Å². The van der Waals surface area contributed by atoms with Gasteiger partial charge in [-0.3, -0.25) is 0 Å². The summed E-state index contributed by atoms with van der Waals surface area (Å²) >= 11 is 11.8. The van der Waals surface area contributed by atoms with Gasteiger partial charge in [0.25, 0.3) is 0 Å². The molecule has 1 saturated heterocycles. The normalized spacial score (nSPS) is 18.9. The SMILES string of the molecule is Fc1cc(F)c(Cl)c(OC(c2ncccn2)C2CCNC2)c1Cl. The molecular formula is C15H13Cl2F2N3O. The first-order chi connectivity index (χ1) is 11.1. The van der Waals surface area contributed by atoms with Crippen molar-refractivity contribution < 1.29 is 13.5 Å². The third-order valence-corrected chi connectivity index (χ3v) is 4.39. The summed E-state index contributed by atoms with van der Waals surface area (Å²) < 4.78 is 33.2. The monoisotopic (exact) mass is 359 g/mol. The zero-order valence-corrected chi connectivity index (χ0v) is 13.4. The van der Waals surface area contributed by atoms with Crippen molar-refractivity contribution in [1.82, 2.24) is 15.3 Å².